The van der Waals surface area contributed by atoms with Crippen molar-refractivity contribution in [1.82, 2.24) is 0 Å². The van der Waals surface area contributed by atoms with Crippen molar-refractivity contribution in [3.05, 3.63) is 52.9 Å². The first kappa shape index (κ1) is 22.7. The number of nitrogens with zero attached hydrogens (tertiary/aromatic N) is 1. The number of anilines is 1. The summed E-state index contributed by atoms with van der Waals surface area (Å²) in [6.45, 7) is 4.53. The molecule has 1 aromatic heterocycles. The van der Waals surface area contributed by atoms with Crippen LogP contribution in [0.2, 0.25) is 0 Å². The van der Waals surface area contributed by atoms with Gasteiger partial charge in [0.1, 0.15) is 23.3 Å². The van der Waals surface area contributed by atoms with E-state index in [-0.39, 0.29) is 24.7 Å². The normalized spacial score (nSPS) is 12.0. The highest BCUT2D eigenvalue weighted by Gasteiger charge is 2.16. The second-order valence-corrected chi connectivity index (χ2v) is 7.29. The standard InChI is InChI=1S/C24H29NO6/c1-4-16(2)31-18-6-7-19-23(14-18)30-15-20(24(19)28)17-5-8-22(29-3)21(13-17)25(9-11-26)10-12-27/h5-8,13-16,26-27H,4,9-12H2,1-3H3. The summed E-state index contributed by atoms with van der Waals surface area (Å²) in [4.78, 5) is 15.0. The summed E-state index contributed by atoms with van der Waals surface area (Å²) in [5, 5.41) is 19.2. The molecule has 7 nitrogen and oxygen atoms in total. The molecule has 31 heavy (non-hydrogen) atoms. The Morgan fingerprint density at radius 1 is 1.10 bits per heavy atom. The van der Waals surface area contributed by atoms with Gasteiger partial charge in [0.15, 0.2) is 5.43 Å². The zero-order chi connectivity index (χ0) is 22.4. The van der Waals surface area contributed by atoms with Gasteiger partial charge in [0.2, 0.25) is 0 Å². The van der Waals surface area contributed by atoms with Gasteiger partial charge < -0.3 is 29.0 Å². The maximum absolute atomic E-state index is 13.2. The Morgan fingerprint density at radius 2 is 1.84 bits per heavy atom. The highest BCUT2D eigenvalue weighted by Crippen LogP contribution is 2.33. The van der Waals surface area contributed by atoms with E-state index >= 15 is 0 Å². The molecule has 0 radical (unpaired) electrons. The Morgan fingerprint density at radius 3 is 2.48 bits per heavy atom. The topological polar surface area (TPSA) is 92.4 Å². The van der Waals surface area contributed by atoms with Crippen LogP contribution in [0.1, 0.15) is 20.3 Å². The molecule has 2 aromatic carbocycles. The van der Waals surface area contributed by atoms with E-state index in [1.54, 1.807) is 37.4 Å². The molecule has 3 aromatic rings. The van der Waals surface area contributed by atoms with Crippen LogP contribution in [0, 0.1) is 0 Å². The van der Waals surface area contributed by atoms with Gasteiger partial charge in [0.25, 0.3) is 0 Å². The quantitative estimate of drug-likeness (QED) is 0.512. The van der Waals surface area contributed by atoms with Crippen molar-refractivity contribution < 1.29 is 24.1 Å². The van der Waals surface area contributed by atoms with Crippen molar-refractivity contribution in [2.24, 2.45) is 0 Å². The molecule has 7 heteroatoms. The van der Waals surface area contributed by atoms with Crippen molar-refractivity contribution >= 4 is 16.7 Å². The van der Waals surface area contributed by atoms with Gasteiger partial charge in [-0.3, -0.25) is 4.79 Å². The van der Waals surface area contributed by atoms with Crippen LogP contribution in [0.25, 0.3) is 22.1 Å². The fourth-order valence-corrected chi connectivity index (χ4v) is 3.40. The van der Waals surface area contributed by atoms with Crippen molar-refractivity contribution in [3.8, 4) is 22.6 Å². The number of hydrogen-bond donors (Lipinski definition) is 2. The van der Waals surface area contributed by atoms with Gasteiger partial charge in [-0.1, -0.05) is 13.0 Å². The lowest BCUT2D eigenvalue weighted by atomic mass is 10.0. The molecule has 0 aliphatic heterocycles. The average molecular weight is 427 g/mol. The molecule has 0 saturated heterocycles. The molecule has 0 aliphatic rings. The summed E-state index contributed by atoms with van der Waals surface area (Å²) in [6, 6.07) is 10.6. The lowest BCUT2D eigenvalue weighted by Crippen LogP contribution is -2.30. The Balaban J connectivity index is 2.04. The molecule has 0 fully saturated rings. The minimum absolute atomic E-state index is 0.0713. The van der Waals surface area contributed by atoms with E-state index in [1.807, 2.05) is 24.8 Å². The predicted molar refractivity (Wildman–Crippen MR) is 121 cm³/mol. The molecule has 1 atom stereocenters. The molecule has 2 N–H and O–H groups in total. The van der Waals surface area contributed by atoms with E-state index in [9.17, 15) is 15.0 Å². The third-order valence-corrected chi connectivity index (χ3v) is 5.23. The first-order valence-electron chi connectivity index (χ1n) is 10.4. The van der Waals surface area contributed by atoms with Gasteiger partial charge in [-0.15, -0.1) is 0 Å². The van der Waals surface area contributed by atoms with Gasteiger partial charge in [-0.05, 0) is 43.2 Å². The molecular formula is C24H29NO6. The SMILES string of the molecule is CCC(C)Oc1ccc2c(=O)c(-c3ccc(OC)c(N(CCO)CCO)c3)coc2c1. The van der Waals surface area contributed by atoms with Crippen molar-refractivity contribution in [2.45, 2.75) is 26.4 Å². The van der Waals surface area contributed by atoms with E-state index in [4.69, 9.17) is 13.9 Å². The van der Waals surface area contributed by atoms with Crippen LogP contribution < -0.4 is 19.8 Å². The molecule has 0 bridgehead atoms. The molecule has 1 heterocycles. The van der Waals surface area contributed by atoms with Crippen LogP contribution in [0.4, 0.5) is 5.69 Å². The van der Waals surface area contributed by atoms with E-state index in [1.165, 1.54) is 6.26 Å². The first-order valence-corrected chi connectivity index (χ1v) is 10.4. The van der Waals surface area contributed by atoms with Crippen LogP contribution >= 0.6 is 0 Å². The molecule has 0 saturated carbocycles. The van der Waals surface area contributed by atoms with Crippen LogP contribution in [-0.2, 0) is 0 Å². The number of methoxy groups -OCH3 is 1. The number of aliphatic hydroxyl groups is 2. The van der Waals surface area contributed by atoms with Crippen LogP contribution in [-0.4, -0.2) is 49.7 Å². The maximum Gasteiger partial charge on any atom is 0.200 e. The monoisotopic (exact) mass is 427 g/mol. The van der Waals surface area contributed by atoms with Crippen molar-refractivity contribution in [2.75, 3.05) is 38.3 Å². The highest BCUT2D eigenvalue weighted by molar-refractivity contribution is 5.83. The third-order valence-electron chi connectivity index (χ3n) is 5.23. The van der Waals surface area contributed by atoms with Gasteiger partial charge in [-0.2, -0.15) is 0 Å². The van der Waals surface area contributed by atoms with E-state index in [2.05, 4.69) is 0 Å². The average Bonchev–Trinajstić information content (AvgIpc) is 2.78. The molecule has 1 unspecified atom stereocenters. The second-order valence-electron chi connectivity index (χ2n) is 7.29. The van der Waals surface area contributed by atoms with Crippen molar-refractivity contribution in [1.29, 1.82) is 0 Å². The number of aliphatic hydroxyl groups excluding tert-OH is 2. The molecule has 0 amide bonds. The smallest absolute Gasteiger partial charge is 0.200 e. The molecule has 3 rings (SSSR count). The van der Waals surface area contributed by atoms with Gasteiger partial charge in [0.05, 0.1) is 43.1 Å². The number of rotatable bonds is 10. The summed E-state index contributed by atoms with van der Waals surface area (Å²) < 4.78 is 17.0. The molecule has 166 valence electrons. The molecule has 0 spiro atoms. The second kappa shape index (κ2) is 10.3. The highest BCUT2D eigenvalue weighted by atomic mass is 16.5. The zero-order valence-electron chi connectivity index (χ0n) is 18.1. The van der Waals surface area contributed by atoms with Crippen LogP contribution in [0.15, 0.2) is 51.9 Å². The fourth-order valence-electron chi connectivity index (χ4n) is 3.40. The third kappa shape index (κ3) is 5.00. The van der Waals surface area contributed by atoms with Crippen LogP contribution in [0.3, 0.4) is 0 Å². The fraction of sp³-hybridized carbons (Fsp3) is 0.375. The molecule has 0 aliphatic carbocycles. The predicted octanol–water partition coefficient (Wildman–Crippen LogP) is 3.44. The Hall–Kier alpha value is -3.03. The summed E-state index contributed by atoms with van der Waals surface area (Å²) in [7, 11) is 1.55. The Bertz CT molecular complexity index is 1070. The zero-order valence-corrected chi connectivity index (χ0v) is 18.1. The lowest BCUT2D eigenvalue weighted by molar-refractivity contribution is 0.217. The first-order chi connectivity index (χ1) is 15.0. The minimum atomic E-state index is -0.150. The summed E-state index contributed by atoms with van der Waals surface area (Å²) in [5.74, 6) is 1.25. The van der Waals surface area contributed by atoms with Gasteiger partial charge in [0, 0.05) is 19.2 Å². The number of benzene rings is 2. The summed E-state index contributed by atoms with van der Waals surface area (Å²) in [6.07, 6.45) is 2.40. The Labute approximate surface area is 181 Å². The number of ether oxygens (including phenoxy) is 2. The Kier molecular flexibility index (Phi) is 7.55. The maximum atomic E-state index is 13.2. The summed E-state index contributed by atoms with van der Waals surface area (Å²) >= 11 is 0. The van der Waals surface area contributed by atoms with Gasteiger partial charge in [-0.25, -0.2) is 0 Å². The van der Waals surface area contributed by atoms with Crippen LogP contribution in [0.5, 0.6) is 11.5 Å². The van der Waals surface area contributed by atoms with Gasteiger partial charge >= 0.3 is 0 Å². The minimum Gasteiger partial charge on any atom is -0.495 e. The number of hydrogen-bond acceptors (Lipinski definition) is 7. The van der Waals surface area contributed by atoms with E-state index < -0.39 is 0 Å². The molecular weight excluding hydrogens is 398 g/mol. The number of fused-ring (bicyclic) bond motifs is 1. The summed E-state index contributed by atoms with van der Waals surface area (Å²) in [5.41, 5.74) is 2.07. The van der Waals surface area contributed by atoms with E-state index in [0.29, 0.717) is 52.4 Å². The van der Waals surface area contributed by atoms with E-state index in [0.717, 1.165) is 6.42 Å². The lowest BCUT2D eigenvalue weighted by Gasteiger charge is -2.25. The largest absolute Gasteiger partial charge is 0.495 e. The van der Waals surface area contributed by atoms with Crippen molar-refractivity contribution in [3.63, 3.8) is 0 Å².